The van der Waals surface area contributed by atoms with Crippen LogP contribution in [0.15, 0.2) is 76.7 Å². The van der Waals surface area contributed by atoms with E-state index in [0.29, 0.717) is 22.1 Å². The largest absolute Gasteiger partial charge is 0.462 e. The number of hydrogen-bond donors (Lipinski definition) is 0. The number of ketones is 1. The highest BCUT2D eigenvalue weighted by molar-refractivity contribution is 6.33. The molecule has 0 aliphatic rings. The van der Waals surface area contributed by atoms with Crippen LogP contribution >= 0.6 is 11.6 Å². The Bertz CT molecular complexity index is 986. The van der Waals surface area contributed by atoms with E-state index in [1.807, 2.05) is 18.2 Å². The van der Waals surface area contributed by atoms with Crippen LogP contribution in [0, 0.1) is 0 Å². The second-order valence-electron chi connectivity index (χ2n) is 5.66. The van der Waals surface area contributed by atoms with Gasteiger partial charge in [0.15, 0.2) is 5.78 Å². The zero-order valence-corrected chi connectivity index (χ0v) is 15.4. The molecule has 0 bridgehead atoms. The van der Waals surface area contributed by atoms with Crippen molar-refractivity contribution in [1.29, 1.82) is 0 Å². The summed E-state index contributed by atoms with van der Waals surface area (Å²) in [6, 6.07) is 19.2. The average molecular weight is 381 g/mol. The molecule has 2 aromatic carbocycles. The van der Waals surface area contributed by atoms with E-state index in [4.69, 9.17) is 20.8 Å². The summed E-state index contributed by atoms with van der Waals surface area (Å²) < 4.78 is 10.8. The van der Waals surface area contributed by atoms with Gasteiger partial charge in [-0.1, -0.05) is 54.1 Å². The first kappa shape index (κ1) is 18.7. The van der Waals surface area contributed by atoms with Crippen LogP contribution in [0.2, 0.25) is 5.02 Å². The third-order valence-electron chi connectivity index (χ3n) is 3.83. The fraction of sp³-hybridized carbons (Fsp3) is 0.0909. The monoisotopic (exact) mass is 380 g/mol. The van der Waals surface area contributed by atoms with Crippen molar-refractivity contribution in [2.75, 3.05) is 6.61 Å². The Kier molecular flexibility index (Phi) is 5.89. The summed E-state index contributed by atoms with van der Waals surface area (Å²) in [7, 11) is 0. The Morgan fingerprint density at radius 1 is 1.00 bits per heavy atom. The van der Waals surface area contributed by atoms with Crippen LogP contribution < -0.4 is 0 Å². The van der Waals surface area contributed by atoms with Crippen LogP contribution in [-0.2, 0) is 9.53 Å². The molecule has 5 heteroatoms. The van der Waals surface area contributed by atoms with E-state index in [0.717, 1.165) is 5.56 Å². The normalized spacial score (nSPS) is 11.3. The van der Waals surface area contributed by atoms with Crippen LogP contribution in [0.3, 0.4) is 0 Å². The second kappa shape index (κ2) is 8.52. The fourth-order valence-electron chi connectivity index (χ4n) is 2.55. The van der Waals surface area contributed by atoms with Gasteiger partial charge in [0.1, 0.15) is 17.1 Å². The van der Waals surface area contributed by atoms with E-state index in [1.165, 1.54) is 6.08 Å². The highest BCUT2D eigenvalue weighted by Crippen LogP contribution is 2.30. The SMILES string of the molecule is CCOC(=O)/C(=C/c1ccc(-c2ccccc2Cl)o1)C(=O)c1ccccc1. The third-order valence-corrected chi connectivity index (χ3v) is 4.16. The first-order valence-electron chi connectivity index (χ1n) is 8.43. The highest BCUT2D eigenvalue weighted by Gasteiger charge is 2.22. The van der Waals surface area contributed by atoms with Crippen LogP contribution in [0.5, 0.6) is 0 Å². The van der Waals surface area contributed by atoms with E-state index in [1.54, 1.807) is 55.5 Å². The summed E-state index contributed by atoms with van der Waals surface area (Å²) in [6.07, 6.45) is 1.40. The van der Waals surface area contributed by atoms with Gasteiger partial charge in [-0.2, -0.15) is 0 Å². The highest BCUT2D eigenvalue weighted by atomic mass is 35.5. The lowest BCUT2D eigenvalue weighted by Gasteiger charge is -2.06. The Hall–Kier alpha value is -3.11. The predicted molar refractivity (Wildman–Crippen MR) is 105 cm³/mol. The molecule has 0 fully saturated rings. The maximum Gasteiger partial charge on any atom is 0.342 e. The molecule has 27 heavy (non-hydrogen) atoms. The molecule has 0 saturated carbocycles. The molecule has 0 spiro atoms. The minimum absolute atomic E-state index is 0.0943. The third kappa shape index (κ3) is 4.36. The molecule has 4 nitrogen and oxygen atoms in total. The smallest absolute Gasteiger partial charge is 0.342 e. The van der Waals surface area contributed by atoms with Gasteiger partial charge in [-0.05, 0) is 37.3 Å². The summed E-state index contributed by atoms with van der Waals surface area (Å²) in [5, 5.41) is 0.549. The molecule has 136 valence electrons. The van der Waals surface area contributed by atoms with Gasteiger partial charge in [0.2, 0.25) is 0 Å². The molecule has 1 aromatic heterocycles. The van der Waals surface area contributed by atoms with Gasteiger partial charge in [-0.15, -0.1) is 0 Å². The zero-order chi connectivity index (χ0) is 19.2. The molecule has 0 amide bonds. The van der Waals surface area contributed by atoms with Gasteiger partial charge in [0.05, 0.1) is 11.6 Å². The first-order chi connectivity index (χ1) is 13.1. The minimum Gasteiger partial charge on any atom is -0.462 e. The minimum atomic E-state index is -0.693. The molecule has 0 saturated heterocycles. The van der Waals surface area contributed by atoms with E-state index in [2.05, 4.69) is 0 Å². The van der Waals surface area contributed by atoms with Crippen molar-refractivity contribution in [3.05, 3.63) is 88.6 Å². The van der Waals surface area contributed by atoms with Gasteiger partial charge in [0.25, 0.3) is 0 Å². The van der Waals surface area contributed by atoms with Crippen molar-refractivity contribution in [2.24, 2.45) is 0 Å². The Labute approximate surface area is 162 Å². The quantitative estimate of drug-likeness (QED) is 0.188. The fourth-order valence-corrected chi connectivity index (χ4v) is 2.78. The first-order valence-corrected chi connectivity index (χ1v) is 8.81. The molecule has 1 heterocycles. The van der Waals surface area contributed by atoms with Gasteiger partial charge in [-0.3, -0.25) is 4.79 Å². The molecular formula is C22H17ClO4. The molecule has 3 rings (SSSR count). The maximum absolute atomic E-state index is 12.8. The standard InChI is InChI=1S/C22H17ClO4/c1-2-26-22(25)18(21(24)15-8-4-3-5-9-15)14-16-12-13-20(27-16)17-10-6-7-11-19(17)23/h3-14H,2H2,1H3/b18-14+. The molecule has 0 unspecified atom stereocenters. The van der Waals surface area contributed by atoms with Gasteiger partial charge >= 0.3 is 5.97 Å². The lowest BCUT2D eigenvalue weighted by atomic mass is 10.0. The van der Waals surface area contributed by atoms with E-state index in [9.17, 15) is 9.59 Å². The number of rotatable bonds is 6. The number of ether oxygens (including phenoxy) is 1. The summed E-state index contributed by atoms with van der Waals surface area (Å²) >= 11 is 6.19. The lowest BCUT2D eigenvalue weighted by molar-refractivity contribution is -0.137. The number of benzene rings is 2. The number of carbonyl (C=O) groups excluding carboxylic acids is 2. The predicted octanol–water partition coefficient (Wildman–Crippen LogP) is 5.43. The van der Waals surface area contributed by atoms with Crippen molar-refractivity contribution >= 4 is 29.4 Å². The van der Waals surface area contributed by atoms with Crippen molar-refractivity contribution in [1.82, 2.24) is 0 Å². The molecular weight excluding hydrogens is 364 g/mol. The summed E-state index contributed by atoms with van der Waals surface area (Å²) in [6.45, 7) is 1.85. The Morgan fingerprint density at radius 3 is 2.41 bits per heavy atom. The number of furan rings is 1. The van der Waals surface area contributed by atoms with Crippen molar-refractivity contribution in [3.63, 3.8) is 0 Å². The Morgan fingerprint density at radius 2 is 1.70 bits per heavy atom. The van der Waals surface area contributed by atoms with Crippen LogP contribution in [0.25, 0.3) is 17.4 Å². The molecule has 3 aromatic rings. The van der Waals surface area contributed by atoms with Crippen LogP contribution in [-0.4, -0.2) is 18.4 Å². The number of esters is 1. The Balaban J connectivity index is 1.98. The summed E-state index contributed by atoms with van der Waals surface area (Å²) in [4.78, 5) is 25.1. The number of carbonyl (C=O) groups is 2. The van der Waals surface area contributed by atoms with Crippen LogP contribution in [0.1, 0.15) is 23.0 Å². The van der Waals surface area contributed by atoms with Crippen molar-refractivity contribution in [2.45, 2.75) is 6.92 Å². The van der Waals surface area contributed by atoms with Gasteiger partial charge in [0, 0.05) is 11.1 Å². The lowest BCUT2D eigenvalue weighted by Crippen LogP contribution is -2.16. The van der Waals surface area contributed by atoms with Crippen LogP contribution in [0.4, 0.5) is 0 Å². The molecule has 0 N–H and O–H groups in total. The van der Waals surface area contributed by atoms with E-state index >= 15 is 0 Å². The van der Waals surface area contributed by atoms with E-state index in [-0.39, 0.29) is 12.2 Å². The number of hydrogen-bond acceptors (Lipinski definition) is 4. The second-order valence-corrected chi connectivity index (χ2v) is 6.06. The van der Waals surface area contributed by atoms with Gasteiger partial charge in [-0.25, -0.2) is 4.79 Å². The van der Waals surface area contributed by atoms with E-state index < -0.39 is 11.8 Å². The van der Waals surface area contributed by atoms with Crippen molar-refractivity contribution < 1.29 is 18.7 Å². The summed E-state index contributed by atoms with van der Waals surface area (Å²) in [5.41, 5.74) is 1.03. The van der Waals surface area contributed by atoms with Gasteiger partial charge < -0.3 is 9.15 Å². The molecule has 0 atom stereocenters. The topological polar surface area (TPSA) is 56.5 Å². The zero-order valence-electron chi connectivity index (χ0n) is 14.6. The summed E-state index contributed by atoms with van der Waals surface area (Å²) in [5.74, 6) is -0.216. The molecule has 0 aliphatic carbocycles. The maximum atomic E-state index is 12.8. The number of halogens is 1. The molecule has 0 aliphatic heterocycles. The van der Waals surface area contributed by atoms with Crippen molar-refractivity contribution in [3.8, 4) is 11.3 Å². The average Bonchev–Trinajstić information content (AvgIpc) is 3.15. The number of Topliss-reactive ketones (excluding diaryl/α,β-unsaturated/α-hetero) is 1. The molecule has 0 radical (unpaired) electrons.